The minimum Gasteiger partial charge on any atom is -0.488 e. The number of methoxy groups -OCH3 is 1. The van der Waals surface area contributed by atoms with Crippen molar-refractivity contribution >= 4 is 22.0 Å². The molecule has 0 aliphatic carbocycles. The summed E-state index contributed by atoms with van der Waals surface area (Å²) in [5.41, 5.74) is 0. The quantitative estimate of drug-likeness (QED) is 0.843. The van der Waals surface area contributed by atoms with Gasteiger partial charge in [-0.2, -0.15) is 0 Å². The molecule has 1 amide bonds. The number of carbonyl (C=O) groups is 1. The van der Waals surface area contributed by atoms with Crippen molar-refractivity contribution in [3.05, 3.63) is 28.7 Å². The number of halogens is 1. The lowest BCUT2D eigenvalue weighted by atomic mass is 10.3. The summed E-state index contributed by atoms with van der Waals surface area (Å²) in [5.74, 6) is 0.816. The van der Waals surface area contributed by atoms with E-state index in [1.807, 2.05) is 24.3 Å². The van der Waals surface area contributed by atoms with Gasteiger partial charge >= 0.3 is 6.09 Å². The second-order valence-electron chi connectivity index (χ2n) is 3.90. The van der Waals surface area contributed by atoms with Crippen LogP contribution in [0.1, 0.15) is 6.42 Å². The predicted octanol–water partition coefficient (Wildman–Crippen LogP) is 2.67. The standard InChI is InChI=1S/C12H14BrNO3/c1-16-12(15)14-6-5-11(8-14)17-10-4-2-3-9(13)7-10/h2-4,7,11H,5-6,8H2,1H3. The number of nitrogens with zero attached hydrogens (tertiary/aromatic N) is 1. The SMILES string of the molecule is COC(=O)N1CCC(Oc2cccc(Br)c2)C1. The summed E-state index contributed by atoms with van der Waals surface area (Å²) >= 11 is 3.39. The van der Waals surface area contributed by atoms with Gasteiger partial charge in [0.05, 0.1) is 13.7 Å². The van der Waals surface area contributed by atoms with Crippen LogP contribution in [0, 0.1) is 0 Å². The van der Waals surface area contributed by atoms with E-state index >= 15 is 0 Å². The van der Waals surface area contributed by atoms with Crippen molar-refractivity contribution in [2.24, 2.45) is 0 Å². The van der Waals surface area contributed by atoms with Crippen molar-refractivity contribution in [2.75, 3.05) is 20.2 Å². The zero-order chi connectivity index (χ0) is 12.3. The molecule has 0 aromatic heterocycles. The van der Waals surface area contributed by atoms with Gasteiger partial charge in [0.25, 0.3) is 0 Å². The highest BCUT2D eigenvalue weighted by Crippen LogP contribution is 2.22. The molecule has 0 saturated carbocycles. The Kier molecular flexibility index (Phi) is 3.89. The van der Waals surface area contributed by atoms with E-state index in [0.29, 0.717) is 13.1 Å². The molecular formula is C12H14BrNO3. The van der Waals surface area contributed by atoms with Crippen LogP contribution in [0.15, 0.2) is 28.7 Å². The van der Waals surface area contributed by atoms with Gasteiger partial charge in [-0.05, 0) is 18.2 Å². The maximum Gasteiger partial charge on any atom is 0.409 e. The Bertz CT molecular complexity index is 410. The topological polar surface area (TPSA) is 38.8 Å². The predicted molar refractivity (Wildman–Crippen MR) is 67.2 cm³/mol. The molecule has 5 heteroatoms. The highest BCUT2D eigenvalue weighted by Gasteiger charge is 2.28. The molecule has 4 nitrogen and oxygen atoms in total. The highest BCUT2D eigenvalue weighted by molar-refractivity contribution is 9.10. The number of amides is 1. The van der Waals surface area contributed by atoms with E-state index in [0.717, 1.165) is 16.6 Å². The van der Waals surface area contributed by atoms with Gasteiger partial charge in [0.2, 0.25) is 0 Å². The van der Waals surface area contributed by atoms with E-state index in [4.69, 9.17) is 4.74 Å². The van der Waals surface area contributed by atoms with Gasteiger partial charge in [-0.3, -0.25) is 0 Å². The molecule has 17 heavy (non-hydrogen) atoms. The summed E-state index contributed by atoms with van der Waals surface area (Å²) in [7, 11) is 1.39. The van der Waals surface area contributed by atoms with E-state index in [1.165, 1.54) is 7.11 Å². The Morgan fingerprint density at radius 2 is 2.35 bits per heavy atom. The van der Waals surface area contributed by atoms with Crippen molar-refractivity contribution in [3.63, 3.8) is 0 Å². The molecule has 1 aromatic carbocycles. The summed E-state index contributed by atoms with van der Waals surface area (Å²) in [5, 5.41) is 0. The molecule has 1 unspecified atom stereocenters. The Labute approximate surface area is 109 Å². The summed E-state index contributed by atoms with van der Waals surface area (Å²) in [6.07, 6.45) is 0.593. The molecule has 92 valence electrons. The molecule has 1 heterocycles. The fourth-order valence-corrected chi connectivity index (χ4v) is 2.23. The van der Waals surface area contributed by atoms with E-state index < -0.39 is 0 Å². The van der Waals surface area contributed by atoms with E-state index in [9.17, 15) is 4.79 Å². The lowest BCUT2D eigenvalue weighted by molar-refractivity contribution is 0.125. The third kappa shape index (κ3) is 3.12. The van der Waals surface area contributed by atoms with Crippen molar-refractivity contribution in [1.82, 2.24) is 4.90 Å². The summed E-state index contributed by atoms with van der Waals surface area (Å²) in [6, 6.07) is 7.70. The van der Waals surface area contributed by atoms with Crippen molar-refractivity contribution in [3.8, 4) is 5.75 Å². The van der Waals surface area contributed by atoms with Gasteiger partial charge in [0.1, 0.15) is 11.9 Å². The smallest absolute Gasteiger partial charge is 0.409 e. The van der Waals surface area contributed by atoms with Crippen LogP contribution >= 0.6 is 15.9 Å². The van der Waals surface area contributed by atoms with Gasteiger partial charge < -0.3 is 14.4 Å². The average Bonchev–Trinajstić information content (AvgIpc) is 2.76. The fraction of sp³-hybridized carbons (Fsp3) is 0.417. The number of hydrogen-bond acceptors (Lipinski definition) is 3. The van der Waals surface area contributed by atoms with Crippen LogP contribution in [0.4, 0.5) is 4.79 Å². The summed E-state index contributed by atoms with van der Waals surface area (Å²) in [6.45, 7) is 1.27. The van der Waals surface area contributed by atoms with Gasteiger partial charge in [-0.25, -0.2) is 4.79 Å². The first-order valence-corrected chi connectivity index (χ1v) is 6.23. The number of rotatable bonds is 2. The van der Waals surface area contributed by atoms with Crippen molar-refractivity contribution < 1.29 is 14.3 Å². The van der Waals surface area contributed by atoms with Crippen LogP contribution in [-0.2, 0) is 4.74 Å². The van der Waals surface area contributed by atoms with E-state index in [1.54, 1.807) is 4.90 Å². The molecule has 0 bridgehead atoms. The third-order valence-corrected chi connectivity index (χ3v) is 3.17. The zero-order valence-corrected chi connectivity index (χ0v) is 11.1. The number of likely N-dealkylation sites (tertiary alicyclic amines) is 1. The average molecular weight is 300 g/mol. The molecule has 2 rings (SSSR count). The lowest BCUT2D eigenvalue weighted by Crippen LogP contribution is -2.30. The maximum atomic E-state index is 11.3. The summed E-state index contributed by atoms with van der Waals surface area (Å²) in [4.78, 5) is 13.0. The van der Waals surface area contributed by atoms with E-state index in [2.05, 4.69) is 20.7 Å². The van der Waals surface area contributed by atoms with E-state index in [-0.39, 0.29) is 12.2 Å². The van der Waals surface area contributed by atoms with Crippen LogP contribution in [-0.4, -0.2) is 37.3 Å². The van der Waals surface area contributed by atoms with Crippen molar-refractivity contribution in [2.45, 2.75) is 12.5 Å². The third-order valence-electron chi connectivity index (χ3n) is 2.68. The highest BCUT2D eigenvalue weighted by atomic mass is 79.9. The molecular weight excluding hydrogens is 286 g/mol. The molecule has 1 saturated heterocycles. The minimum absolute atomic E-state index is 0.0448. The monoisotopic (exact) mass is 299 g/mol. The van der Waals surface area contributed by atoms with Gasteiger partial charge in [-0.15, -0.1) is 0 Å². The Morgan fingerprint density at radius 3 is 3.06 bits per heavy atom. The first-order chi connectivity index (χ1) is 8.19. The number of hydrogen-bond donors (Lipinski definition) is 0. The largest absolute Gasteiger partial charge is 0.488 e. The number of benzene rings is 1. The van der Waals surface area contributed by atoms with Crippen LogP contribution in [0.2, 0.25) is 0 Å². The van der Waals surface area contributed by atoms with Gasteiger partial charge in [0, 0.05) is 17.4 Å². The number of ether oxygens (including phenoxy) is 2. The Hall–Kier alpha value is -1.23. The van der Waals surface area contributed by atoms with Crippen LogP contribution < -0.4 is 4.74 Å². The molecule has 0 spiro atoms. The first kappa shape index (κ1) is 12.2. The summed E-state index contributed by atoms with van der Waals surface area (Å²) < 4.78 is 11.5. The second-order valence-corrected chi connectivity index (χ2v) is 4.82. The normalized spacial score (nSPS) is 19.2. The molecule has 1 aromatic rings. The Morgan fingerprint density at radius 1 is 1.53 bits per heavy atom. The minimum atomic E-state index is -0.287. The zero-order valence-electron chi connectivity index (χ0n) is 9.56. The second kappa shape index (κ2) is 5.40. The van der Waals surface area contributed by atoms with Gasteiger partial charge in [0.15, 0.2) is 0 Å². The molecule has 0 N–H and O–H groups in total. The van der Waals surface area contributed by atoms with Crippen LogP contribution in [0.5, 0.6) is 5.75 Å². The molecule has 1 aliphatic rings. The molecule has 1 aliphatic heterocycles. The Balaban J connectivity index is 1.92. The first-order valence-electron chi connectivity index (χ1n) is 5.44. The molecule has 1 atom stereocenters. The fourth-order valence-electron chi connectivity index (χ4n) is 1.85. The number of carbonyl (C=O) groups excluding carboxylic acids is 1. The van der Waals surface area contributed by atoms with Gasteiger partial charge in [-0.1, -0.05) is 22.0 Å². The van der Waals surface area contributed by atoms with Crippen LogP contribution in [0.25, 0.3) is 0 Å². The van der Waals surface area contributed by atoms with Crippen LogP contribution in [0.3, 0.4) is 0 Å². The maximum absolute atomic E-state index is 11.3. The molecule has 1 fully saturated rings. The molecule has 0 radical (unpaired) electrons. The van der Waals surface area contributed by atoms with Crippen molar-refractivity contribution in [1.29, 1.82) is 0 Å². The lowest BCUT2D eigenvalue weighted by Gasteiger charge is -2.15.